The Balaban J connectivity index is 2.28. The lowest BCUT2D eigenvalue weighted by Gasteiger charge is -2.23. The van der Waals surface area contributed by atoms with Crippen molar-refractivity contribution in [3.63, 3.8) is 0 Å². The van der Waals surface area contributed by atoms with Gasteiger partial charge in [0.1, 0.15) is 5.76 Å². The zero-order valence-electron chi connectivity index (χ0n) is 14.0. The fraction of sp³-hybridized carbons (Fsp3) is 0.526. The molecule has 120 valence electrons. The van der Waals surface area contributed by atoms with E-state index in [2.05, 4.69) is 31.0 Å². The molecule has 1 aliphatic carbocycles. The monoisotopic (exact) mass is 301 g/mol. The number of allylic oxidation sites excluding steroid dienone is 3. The van der Waals surface area contributed by atoms with Crippen LogP contribution in [0.1, 0.15) is 46.0 Å². The highest BCUT2D eigenvalue weighted by atomic mass is 16.5. The van der Waals surface area contributed by atoms with Crippen LogP contribution in [0.3, 0.4) is 0 Å². The maximum atomic E-state index is 12.6. The van der Waals surface area contributed by atoms with Crippen LogP contribution in [0.5, 0.6) is 0 Å². The molecule has 2 rings (SSSR count). The summed E-state index contributed by atoms with van der Waals surface area (Å²) in [5, 5.41) is 0. The number of Topliss-reactive ketones (excluding diaryl/α,β-unsaturated/α-hetero) is 1. The van der Waals surface area contributed by atoms with Crippen molar-refractivity contribution >= 4 is 5.78 Å². The van der Waals surface area contributed by atoms with Crippen LogP contribution in [-0.4, -0.2) is 30.4 Å². The van der Waals surface area contributed by atoms with Crippen molar-refractivity contribution in [2.45, 2.75) is 52.0 Å². The van der Waals surface area contributed by atoms with Gasteiger partial charge in [-0.25, -0.2) is 0 Å². The molecule has 0 saturated heterocycles. The minimum atomic E-state index is 0.163. The molecule has 1 aliphatic heterocycles. The van der Waals surface area contributed by atoms with Gasteiger partial charge in [0.25, 0.3) is 0 Å². The molecule has 0 aromatic rings. The standard InChI is InChI=1S/C19H27NO2/c1-4-6-11-19(21)17-14-20(12-7-5-2)18-10-8-9-15(22-3)13-16(17)18/h8-10,13-14,18H,4-7,11-12H2,1-3H3. The van der Waals surface area contributed by atoms with Gasteiger partial charge in [-0.3, -0.25) is 4.79 Å². The van der Waals surface area contributed by atoms with E-state index in [4.69, 9.17) is 4.74 Å². The number of hydrogen-bond acceptors (Lipinski definition) is 3. The first kappa shape index (κ1) is 16.6. The fourth-order valence-electron chi connectivity index (χ4n) is 2.87. The van der Waals surface area contributed by atoms with E-state index in [0.29, 0.717) is 6.42 Å². The Morgan fingerprint density at radius 3 is 2.73 bits per heavy atom. The summed E-state index contributed by atoms with van der Waals surface area (Å²) < 4.78 is 5.38. The zero-order valence-corrected chi connectivity index (χ0v) is 14.0. The molecular weight excluding hydrogens is 274 g/mol. The Kier molecular flexibility index (Phi) is 6.05. The Labute approximate surface area is 134 Å². The van der Waals surface area contributed by atoms with E-state index in [0.717, 1.165) is 49.1 Å². The molecule has 22 heavy (non-hydrogen) atoms. The molecule has 0 N–H and O–H groups in total. The Morgan fingerprint density at radius 2 is 2.05 bits per heavy atom. The molecule has 3 heteroatoms. The fourth-order valence-corrected chi connectivity index (χ4v) is 2.87. The lowest BCUT2D eigenvalue weighted by Crippen LogP contribution is -2.27. The third kappa shape index (κ3) is 3.70. The molecule has 1 heterocycles. The molecular formula is C19H27NO2. The van der Waals surface area contributed by atoms with Crippen LogP contribution in [0, 0.1) is 0 Å². The highest BCUT2D eigenvalue weighted by Gasteiger charge is 2.31. The average Bonchev–Trinajstić information content (AvgIpc) is 2.73. The average molecular weight is 301 g/mol. The number of hydrogen-bond donors (Lipinski definition) is 0. The van der Waals surface area contributed by atoms with Crippen LogP contribution < -0.4 is 0 Å². The van der Waals surface area contributed by atoms with Gasteiger partial charge in [-0.05, 0) is 30.6 Å². The lowest BCUT2D eigenvalue weighted by atomic mass is 9.96. The maximum Gasteiger partial charge on any atom is 0.164 e. The normalized spacial score (nSPS) is 20.0. The van der Waals surface area contributed by atoms with Gasteiger partial charge in [-0.1, -0.05) is 38.8 Å². The van der Waals surface area contributed by atoms with E-state index >= 15 is 0 Å². The van der Waals surface area contributed by atoms with Gasteiger partial charge < -0.3 is 9.64 Å². The SMILES string of the molecule is CCCCC(=O)C1=CN(CCCC)C2C=CC=C(OC)C=C12. The summed E-state index contributed by atoms with van der Waals surface area (Å²) in [4.78, 5) is 14.9. The van der Waals surface area contributed by atoms with Crippen molar-refractivity contribution in [1.29, 1.82) is 0 Å². The molecule has 0 aromatic carbocycles. The number of fused-ring (bicyclic) bond motifs is 1. The van der Waals surface area contributed by atoms with E-state index in [1.54, 1.807) is 7.11 Å². The molecule has 3 nitrogen and oxygen atoms in total. The molecule has 0 aromatic heterocycles. The Morgan fingerprint density at radius 1 is 1.27 bits per heavy atom. The molecule has 0 radical (unpaired) electrons. The van der Waals surface area contributed by atoms with Gasteiger partial charge in [-0.2, -0.15) is 0 Å². The quantitative estimate of drug-likeness (QED) is 0.675. The first-order valence-electron chi connectivity index (χ1n) is 8.36. The lowest BCUT2D eigenvalue weighted by molar-refractivity contribution is -0.115. The van der Waals surface area contributed by atoms with E-state index in [9.17, 15) is 4.79 Å². The molecule has 0 saturated carbocycles. The third-order valence-corrected chi connectivity index (χ3v) is 4.20. The number of rotatable bonds is 8. The number of carbonyl (C=O) groups excluding carboxylic acids is 1. The van der Waals surface area contributed by atoms with Gasteiger partial charge in [0.05, 0.1) is 13.2 Å². The topological polar surface area (TPSA) is 29.5 Å². The number of unbranched alkanes of at least 4 members (excludes halogenated alkanes) is 2. The maximum absolute atomic E-state index is 12.6. The number of ketones is 1. The molecule has 1 unspecified atom stereocenters. The van der Waals surface area contributed by atoms with E-state index in [-0.39, 0.29) is 11.8 Å². The molecule has 2 aliphatic rings. The van der Waals surface area contributed by atoms with Crippen molar-refractivity contribution in [3.8, 4) is 0 Å². The van der Waals surface area contributed by atoms with Gasteiger partial charge in [0.15, 0.2) is 5.78 Å². The molecule has 0 fully saturated rings. The van der Waals surface area contributed by atoms with E-state index in [1.807, 2.05) is 18.2 Å². The van der Waals surface area contributed by atoms with Crippen LogP contribution in [0.2, 0.25) is 0 Å². The minimum Gasteiger partial charge on any atom is -0.497 e. The highest BCUT2D eigenvalue weighted by Crippen LogP contribution is 2.33. The first-order valence-corrected chi connectivity index (χ1v) is 8.36. The Bertz CT molecular complexity index is 526. The van der Waals surface area contributed by atoms with Crippen molar-refractivity contribution in [2.75, 3.05) is 13.7 Å². The van der Waals surface area contributed by atoms with Crippen molar-refractivity contribution in [1.82, 2.24) is 4.90 Å². The highest BCUT2D eigenvalue weighted by molar-refractivity contribution is 6.00. The van der Waals surface area contributed by atoms with Crippen molar-refractivity contribution < 1.29 is 9.53 Å². The van der Waals surface area contributed by atoms with Crippen LogP contribution in [0.4, 0.5) is 0 Å². The predicted octanol–water partition coefficient (Wildman–Crippen LogP) is 4.14. The summed E-state index contributed by atoms with van der Waals surface area (Å²) in [7, 11) is 1.67. The number of methoxy groups -OCH3 is 1. The van der Waals surface area contributed by atoms with E-state index < -0.39 is 0 Å². The minimum absolute atomic E-state index is 0.163. The predicted molar refractivity (Wildman–Crippen MR) is 90.3 cm³/mol. The molecule has 0 spiro atoms. The van der Waals surface area contributed by atoms with Crippen LogP contribution in [-0.2, 0) is 9.53 Å². The summed E-state index contributed by atoms with van der Waals surface area (Å²) in [6.45, 7) is 5.29. The zero-order chi connectivity index (χ0) is 15.9. The summed E-state index contributed by atoms with van der Waals surface area (Å²) in [6, 6.07) is 0.163. The second-order valence-electron chi connectivity index (χ2n) is 5.86. The summed E-state index contributed by atoms with van der Waals surface area (Å²) in [6.07, 6.45) is 15.1. The smallest absolute Gasteiger partial charge is 0.164 e. The number of nitrogens with zero attached hydrogens (tertiary/aromatic N) is 1. The van der Waals surface area contributed by atoms with Crippen LogP contribution in [0.15, 0.2) is 47.4 Å². The second kappa shape index (κ2) is 8.02. The van der Waals surface area contributed by atoms with Gasteiger partial charge in [-0.15, -0.1) is 0 Å². The number of carbonyl (C=O) groups is 1. The van der Waals surface area contributed by atoms with Crippen molar-refractivity contribution in [3.05, 3.63) is 47.4 Å². The first-order chi connectivity index (χ1) is 10.7. The van der Waals surface area contributed by atoms with Crippen LogP contribution in [0.25, 0.3) is 0 Å². The van der Waals surface area contributed by atoms with Crippen LogP contribution >= 0.6 is 0 Å². The molecule has 0 bridgehead atoms. The summed E-state index contributed by atoms with van der Waals surface area (Å²) in [5.41, 5.74) is 1.95. The number of ether oxygens (including phenoxy) is 1. The van der Waals surface area contributed by atoms with Gasteiger partial charge in [0.2, 0.25) is 0 Å². The molecule has 1 atom stereocenters. The summed E-state index contributed by atoms with van der Waals surface area (Å²) >= 11 is 0. The van der Waals surface area contributed by atoms with Gasteiger partial charge >= 0.3 is 0 Å². The Hall–Kier alpha value is -1.77. The summed E-state index contributed by atoms with van der Waals surface area (Å²) in [5.74, 6) is 1.06. The molecule has 0 amide bonds. The third-order valence-electron chi connectivity index (χ3n) is 4.20. The van der Waals surface area contributed by atoms with Crippen molar-refractivity contribution in [2.24, 2.45) is 0 Å². The second-order valence-corrected chi connectivity index (χ2v) is 5.86. The van der Waals surface area contributed by atoms with E-state index in [1.165, 1.54) is 0 Å². The van der Waals surface area contributed by atoms with Gasteiger partial charge in [0, 0.05) is 24.7 Å². The largest absolute Gasteiger partial charge is 0.497 e.